The van der Waals surface area contributed by atoms with E-state index in [0.717, 1.165) is 4.88 Å². The van der Waals surface area contributed by atoms with E-state index in [1.54, 1.807) is 18.3 Å². The fourth-order valence-corrected chi connectivity index (χ4v) is 2.65. The van der Waals surface area contributed by atoms with E-state index in [1.165, 1.54) is 4.88 Å². The number of thiophene rings is 1. The van der Waals surface area contributed by atoms with Crippen molar-refractivity contribution in [3.8, 4) is 0 Å². The molecular formula is C14H22O3S. The highest BCUT2D eigenvalue weighted by atomic mass is 32.1. The molecule has 0 saturated carbocycles. The van der Waals surface area contributed by atoms with Gasteiger partial charge in [-0.05, 0) is 30.9 Å². The van der Waals surface area contributed by atoms with Crippen LogP contribution < -0.4 is 0 Å². The first-order chi connectivity index (χ1) is 8.34. The molecule has 4 heteroatoms. The van der Waals surface area contributed by atoms with E-state index in [0.29, 0.717) is 13.0 Å². The van der Waals surface area contributed by atoms with Crippen LogP contribution in [0.4, 0.5) is 0 Å². The molecule has 1 aromatic heterocycles. The van der Waals surface area contributed by atoms with Crippen molar-refractivity contribution in [1.82, 2.24) is 0 Å². The standard InChI is InChI=1S/C14H22O3S/c1-5-17-13(16)9-6-10(15)11-7-8-12(18-11)14(2,3)4/h7-8,10,15H,5-6,9H2,1-4H3. The van der Waals surface area contributed by atoms with Gasteiger partial charge in [-0.25, -0.2) is 0 Å². The Kier molecular flexibility index (Phi) is 5.35. The van der Waals surface area contributed by atoms with Crippen LogP contribution in [0.5, 0.6) is 0 Å². The number of carbonyl (C=O) groups excluding carboxylic acids is 1. The molecule has 0 aromatic carbocycles. The first kappa shape index (κ1) is 15.2. The largest absolute Gasteiger partial charge is 0.466 e. The number of hydrogen-bond acceptors (Lipinski definition) is 4. The van der Waals surface area contributed by atoms with E-state index in [-0.39, 0.29) is 17.8 Å². The van der Waals surface area contributed by atoms with Gasteiger partial charge in [0.25, 0.3) is 0 Å². The molecule has 1 N–H and O–H groups in total. The minimum atomic E-state index is -0.574. The van der Waals surface area contributed by atoms with Crippen LogP contribution in [-0.2, 0) is 14.9 Å². The number of aliphatic hydroxyl groups is 1. The molecule has 0 amide bonds. The predicted molar refractivity (Wildman–Crippen MR) is 73.8 cm³/mol. The number of rotatable bonds is 5. The topological polar surface area (TPSA) is 46.5 Å². The molecule has 18 heavy (non-hydrogen) atoms. The van der Waals surface area contributed by atoms with Gasteiger partial charge in [0.1, 0.15) is 0 Å². The van der Waals surface area contributed by atoms with E-state index in [4.69, 9.17) is 4.74 Å². The van der Waals surface area contributed by atoms with Crippen LogP contribution in [0, 0.1) is 0 Å². The fraction of sp³-hybridized carbons (Fsp3) is 0.643. The zero-order chi connectivity index (χ0) is 13.8. The van der Waals surface area contributed by atoms with Crippen molar-refractivity contribution in [3.63, 3.8) is 0 Å². The quantitative estimate of drug-likeness (QED) is 0.834. The van der Waals surface area contributed by atoms with E-state index in [1.807, 2.05) is 12.1 Å². The fourth-order valence-electron chi connectivity index (χ4n) is 1.57. The number of carbonyl (C=O) groups is 1. The monoisotopic (exact) mass is 270 g/mol. The van der Waals surface area contributed by atoms with Crippen LogP contribution >= 0.6 is 11.3 Å². The zero-order valence-corrected chi connectivity index (χ0v) is 12.3. The lowest BCUT2D eigenvalue weighted by Crippen LogP contribution is -2.08. The smallest absolute Gasteiger partial charge is 0.305 e. The summed E-state index contributed by atoms with van der Waals surface area (Å²) in [6, 6.07) is 3.99. The average Bonchev–Trinajstić information content (AvgIpc) is 2.75. The number of hydrogen-bond donors (Lipinski definition) is 1. The second kappa shape index (κ2) is 6.34. The van der Waals surface area contributed by atoms with Gasteiger partial charge in [0.2, 0.25) is 0 Å². The van der Waals surface area contributed by atoms with Crippen molar-refractivity contribution in [2.24, 2.45) is 0 Å². The number of esters is 1. The Morgan fingerprint density at radius 1 is 1.44 bits per heavy atom. The summed E-state index contributed by atoms with van der Waals surface area (Å²) in [6.07, 6.45) is 0.108. The van der Waals surface area contributed by atoms with Gasteiger partial charge in [-0.15, -0.1) is 11.3 Å². The molecular weight excluding hydrogens is 248 g/mol. The molecule has 0 saturated heterocycles. The Labute approximate surface area is 113 Å². The highest BCUT2D eigenvalue weighted by Gasteiger charge is 2.19. The van der Waals surface area contributed by atoms with Crippen molar-refractivity contribution in [3.05, 3.63) is 21.9 Å². The lowest BCUT2D eigenvalue weighted by molar-refractivity contribution is -0.143. The summed E-state index contributed by atoms with van der Waals surface area (Å²) in [7, 11) is 0. The summed E-state index contributed by atoms with van der Waals surface area (Å²) in [5.74, 6) is -0.246. The Bertz CT molecular complexity index is 390. The SMILES string of the molecule is CCOC(=O)CCC(O)c1ccc(C(C)(C)C)s1. The Morgan fingerprint density at radius 2 is 2.11 bits per heavy atom. The predicted octanol–water partition coefficient (Wildman–Crippen LogP) is 3.42. The second-order valence-electron chi connectivity index (χ2n) is 5.31. The van der Waals surface area contributed by atoms with Crippen LogP contribution in [0.15, 0.2) is 12.1 Å². The van der Waals surface area contributed by atoms with Crippen molar-refractivity contribution in [1.29, 1.82) is 0 Å². The molecule has 1 heterocycles. The van der Waals surface area contributed by atoms with Gasteiger partial charge in [-0.1, -0.05) is 20.8 Å². The van der Waals surface area contributed by atoms with E-state index >= 15 is 0 Å². The lowest BCUT2D eigenvalue weighted by atomic mass is 9.95. The van der Waals surface area contributed by atoms with Gasteiger partial charge in [0.15, 0.2) is 0 Å². The van der Waals surface area contributed by atoms with Gasteiger partial charge in [0.05, 0.1) is 12.7 Å². The highest BCUT2D eigenvalue weighted by Crippen LogP contribution is 2.33. The number of ether oxygens (including phenoxy) is 1. The zero-order valence-electron chi connectivity index (χ0n) is 11.5. The van der Waals surface area contributed by atoms with Gasteiger partial charge in [-0.3, -0.25) is 4.79 Å². The van der Waals surface area contributed by atoms with Gasteiger partial charge in [0, 0.05) is 16.2 Å². The molecule has 0 radical (unpaired) electrons. The maximum Gasteiger partial charge on any atom is 0.305 e. The normalized spacial score (nSPS) is 13.4. The molecule has 0 bridgehead atoms. The van der Waals surface area contributed by atoms with Gasteiger partial charge < -0.3 is 9.84 Å². The first-order valence-corrected chi connectivity index (χ1v) is 7.10. The summed E-state index contributed by atoms with van der Waals surface area (Å²) < 4.78 is 4.84. The van der Waals surface area contributed by atoms with E-state index in [2.05, 4.69) is 20.8 Å². The van der Waals surface area contributed by atoms with Crippen LogP contribution in [-0.4, -0.2) is 17.7 Å². The lowest BCUT2D eigenvalue weighted by Gasteiger charge is -2.15. The third-order valence-electron chi connectivity index (χ3n) is 2.62. The molecule has 0 fully saturated rings. The third-order valence-corrected chi connectivity index (χ3v) is 4.23. The minimum Gasteiger partial charge on any atom is -0.466 e. The second-order valence-corrected chi connectivity index (χ2v) is 6.43. The first-order valence-electron chi connectivity index (χ1n) is 6.28. The third kappa shape index (κ3) is 4.42. The summed E-state index contributed by atoms with van der Waals surface area (Å²) in [4.78, 5) is 13.4. The summed E-state index contributed by atoms with van der Waals surface area (Å²) >= 11 is 1.61. The van der Waals surface area contributed by atoms with Crippen LogP contribution in [0.1, 0.15) is 56.4 Å². The maximum atomic E-state index is 11.2. The van der Waals surface area contributed by atoms with Gasteiger partial charge in [-0.2, -0.15) is 0 Å². The molecule has 102 valence electrons. The summed E-state index contributed by atoms with van der Waals surface area (Å²) in [5.41, 5.74) is 0.101. The van der Waals surface area contributed by atoms with Crippen LogP contribution in [0.25, 0.3) is 0 Å². The molecule has 1 atom stereocenters. The van der Waals surface area contributed by atoms with Crippen molar-refractivity contribution >= 4 is 17.3 Å². The molecule has 3 nitrogen and oxygen atoms in total. The minimum absolute atomic E-state index is 0.101. The summed E-state index contributed by atoms with van der Waals surface area (Å²) in [6.45, 7) is 8.61. The Hall–Kier alpha value is -0.870. The molecule has 1 rings (SSSR count). The average molecular weight is 270 g/mol. The molecule has 0 aliphatic heterocycles. The van der Waals surface area contributed by atoms with E-state index < -0.39 is 6.10 Å². The maximum absolute atomic E-state index is 11.2. The Morgan fingerprint density at radius 3 is 2.61 bits per heavy atom. The van der Waals surface area contributed by atoms with Crippen LogP contribution in [0.2, 0.25) is 0 Å². The highest BCUT2D eigenvalue weighted by molar-refractivity contribution is 7.12. The van der Waals surface area contributed by atoms with Crippen LogP contribution in [0.3, 0.4) is 0 Å². The molecule has 0 aliphatic carbocycles. The molecule has 0 spiro atoms. The van der Waals surface area contributed by atoms with Gasteiger partial charge >= 0.3 is 5.97 Å². The number of aliphatic hydroxyl groups excluding tert-OH is 1. The van der Waals surface area contributed by atoms with Crippen molar-refractivity contribution in [2.45, 2.75) is 52.1 Å². The Balaban J connectivity index is 2.54. The molecule has 0 aliphatic rings. The van der Waals surface area contributed by atoms with Crippen molar-refractivity contribution in [2.75, 3.05) is 6.61 Å². The van der Waals surface area contributed by atoms with E-state index in [9.17, 15) is 9.90 Å². The molecule has 1 aromatic rings. The molecule has 1 unspecified atom stereocenters. The van der Waals surface area contributed by atoms with Crippen molar-refractivity contribution < 1.29 is 14.6 Å². The summed E-state index contributed by atoms with van der Waals surface area (Å²) in [5, 5.41) is 10.0.